The largest absolute Gasteiger partial charge is 0.416 e. The van der Waals surface area contributed by atoms with Crippen molar-refractivity contribution in [3.8, 4) is 0 Å². The lowest BCUT2D eigenvalue weighted by Crippen LogP contribution is -2.13. The van der Waals surface area contributed by atoms with Gasteiger partial charge in [-0.05, 0) is 25.1 Å². The number of aryl methyl sites for hydroxylation is 1. The Balaban J connectivity index is 2.46. The average molecular weight is 288 g/mol. The summed E-state index contributed by atoms with van der Waals surface area (Å²) < 4.78 is 53.1. The fourth-order valence-corrected chi connectivity index (χ4v) is 1.90. The summed E-state index contributed by atoms with van der Waals surface area (Å²) in [5.74, 6) is -0.804. The topological polar surface area (TPSA) is 38.0 Å². The molecular formula is C13H12F4N2O. The third kappa shape index (κ3) is 2.67. The number of hydrogen-bond acceptors (Lipinski definition) is 2. The normalized spacial score (nSPS) is 13.5. The van der Waals surface area contributed by atoms with Crippen LogP contribution in [0.2, 0.25) is 0 Å². The Labute approximate surface area is 112 Å². The van der Waals surface area contributed by atoms with Crippen LogP contribution >= 0.6 is 0 Å². The molecule has 0 aliphatic heterocycles. The van der Waals surface area contributed by atoms with Crippen molar-refractivity contribution >= 4 is 0 Å². The zero-order chi connectivity index (χ0) is 14.9. The van der Waals surface area contributed by atoms with Crippen LogP contribution < -0.4 is 0 Å². The van der Waals surface area contributed by atoms with Crippen molar-refractivity contribution in [2.45, 2.75) is 25.7 Å². The van der Waals surface area contributed by atoms with E-state index in [1.165, 1.54) is 10.8 Å². The Hall–Kier alpha value is -1.89. The van der Waals surface area contributed by atoms with E-state index in [2.05, 4.69) is 4.98 Å². The van der Waals surface area contributed by atoms with E-state index in [0.29, 0.717) is 24.7 Å². The number of rotatable bonds is 3. The zero-order valence-corrected chi connectivity index (χ0v) is 10.5. The molecular weight excluding hydrogens is 276 g/mol. The Morgan fingerprint density at radius 3 is 2.65 bits per heavy atom. The van der Waals surface area contributed by atoms with Gasteiger partial charge < -0.3 is 9.67 Å². The minimum absolute atomic E-state index is 0.103. The fraction of sp³-hybridized carbons (Fsp3) is 0.308. The van der Waals surface area contributed by atoms with Crippen LogP contribution in [0.25, 0.3) is 0 Å². The first-order chi connectivity index (χ1) is 9.34. The number of aliphatic hydroxyl groups excluding tert-OH is 1. The van der Waals surface area contributed by atoms with E-state index in [1.807, 2.05) is 0 Å². The van der Waals surface area contributed by atoms with Gasteiger partial charge in [-0.15, -0.1) is 0 Å². The van der Waals surface area contributed by atoms with Crippen LogP contribution in [0.1, 0.15) is 30.0 Å². The van der Waals surface area contributed by atoms with Gasteiger partial charge in [0.2, 0.25) is 0 Å². The summed E-state index contributed by atoms with van der Waals surface area (Å²) in [7, 11) is 0. The Morgan fingerprint density at radius 1 is 1.35 bits per heavy atom. The van der Waals surface area contributed by atoms with E-state index >= 15 is 0 Å². The first kappa shape index (κ1) is 14.5. The molecule has 1 aromatic carbocycles. The van der Waals surface area contributed by atoms with Crippen molar-refractivity contribution in [1.29, 1.82) is 0 Å². The van der Waals surface area contributed by atoms with E-state index in [0.717, 1.165) is 0 Å². The number of aromatic nitrogens is 2. The molecule has 1 atom stereocenters. The van der Waals surface area contributed by atoms with Gasteiger partial charge in [-0.25, -0.2) is 9.37 Å². The van der Waals surface area contributed by atoms with E-state index < -0.39 is 29.2 Å². The van der Waals surface area contributed by atoms with Crippen LogP contribution in [-0.4, -0.2) is 14.7 Å². The summed E-state index contributed by atoms with van der Waals surface area (Å²) in [6.45, 7) is 2.24. The van der Waals surface area contributed by atoms with Crippen LogP contribution in [-0.2, 0) is 12.7 Å². The summed E-state index contributed by atoms with van der Waals surface area (Å²) in [5.41, 5.74) is -1.46. The number of benzene rings is 1. The Bertz CT molecular complexity index is 607. The lowest BCUT2D eigenvalue weighted by atomic mass is 10.0. The molecule has 108 valence electrons. The molecule has 0 radical (unpaired) electrons. The molecule has 0 amide bonds. The minimum Gasteiger partial charge on any atom is -0.380 e. The summed E-state index contributed by atoms with van der Waals surface area (Å²) in [4.78, 5) is 3.86. The number of nitrogens with zero attached hydrogens (tertiary/aromatic N) is 2. The molecule has 1 unspecified atom stereocenters. The second-order valence-electron chi connectivity index (χ2n) is 4.21. The highest BCUT2D eigenvalue weighted by atomic mass is 19.4. The first-order valence-electron chi connectivity index (χ1n) is 5.90. The van der Waals surface area contributed by atoms with Crippen LogP contribution in [0.3, 0.4) is 0 Å². The van der Waals surface area contributed by atoms with E-state index in [9.17, 15) is 22.7 Å². The molecule has 2 aromatic rings. The van der Waals surface area contributed by atoms with Gasteiger partial charge in [-0.1, -0.05) is 0 Å². The first-order valence-corrected chi connectivity index (χ1v) is 5.90. The maximum atomic E-state index is 13.7. The van der Waals surface area contributed by atoms with Gasteiger partial charge in [-0.2, -0.15) is 13.2 Å². The average Bonchev–Trinajstić information content (AvgIpc) is 2.85. The highest BCUT2D eigenvalue weighted by Crippen LogP contribution is 2.33. The quantitative estimate of drug-likeness (QED) is 0.881. The SMILES string of the molecule is CCn1ccnc1C(O)c1cc(C(F)(F)F)ccc1F. The third-order valence-corrected chi connectivity index (χ3v) is 2.95. The van der Waals surface area contributed by atoms with Crippen molar-refractivity contribution in [1.82, 2.24) is 9.55 Å². The fourth-order valence-electron chi connectivity index (χ4n) is 1.90. The summed E-state index contributed by atoms with van der Waals surface area (Å²) in [5, 5.41) is 10.1. The highest BCUT2D eigenvalue weighted by molar-refractivity contribution is 5.31. The van der Waals surface area contributed by atoms with Gasteiger partial charge in [0.05, 0.1) is 5.56 Å². The Morgan fingerprint density at radius 2 is 2.05 bits per heavy atom. The van der Waals surface area contributed by atoms with Gasteiger partial charge in [0.1, 0.15) is 17.7 Å². The molecule has 7 heteroatoms. The molecule has 1 heterocycles. The monoisotopic (exact) mass is 288 g/mol. The van der Waals surface area contributed by atoms with Gasteiger partial charge in [0, 0.05) is 24.5 Å². The van der Waals surface area contributed by atoms with Crippen LogP contribution in [0.4, 0.5) is 17.6 Å². The number of alkyl halides is 3. The van der Waals surface area contributed by atoms with Gasteiger partial charge in [-0.3, -0.25) is 0 Å². The van der Waals surface area contributed by atoms with E-state index in [-0.39, 0.29) is 5.82 Å². The number of hydrogen-bond donors (Lipinski definition) is 1. The van der Waals surface area contributed by atoms with Crippen LogP contribution in [0.5, 0.6) is 0 Å². The standard InChI is InChI=1S/C13H12F4N2O/c1-2-19-6-5-18-12(19)11(20)9-7-8(13(15,16)17)3-4-10(9)14/h3-7,11,20H,2H2,1H3. The maximum absolute atomic E-state index is 13.7. The van der Waals surface area contributed by atoms with Gasteiger partial charge in [0.25, 0.3) is 0 Å². The van der Waals surface area contributed by atoms with E-state index in [4.69, 9.17) is 0 Å². The lowest BCUT2D eigenvalue weighted by Gasteiger charge is -2.15. The molecule has 20 heavy (non-hydrogen) atoms. The molecule has 3 nitrogen and oxygen atoms in total. The van der Waals surface area contributed by atoms with Crippen LogP contribution in [0.15, 0.2) is 30.6 Å². The van der Waals surface area contributed by atoms with Gasteiger partial charge in [0.15, 0.2) is 0 Å². The van der Waals surface area contributed by atoms with E-state index in [1.54, 1.807) is 13.1 Å². The molecule has 0 aliphatic rings. The maximum Gasteiger partial charge on any atom is 0.416 e. The molecule has 1 aromatic heterocycles. The molecule has 0 saturated heterocycles. The minimum atomic E-state index is -4.59. The number of imidazole rings is 1. The van der Waals surface area contributed by atoms with Gasteiger partial charge >= 0.3 is 6.18 Å². The Kier molecular flexibility index (Phi) is 3.80. The summed E-state index contributed by atoms with van der Waals surface area (Å²) >= 11 is 0. The zero-order valence-electron chi connectivity index (χ0n) is 10.5. The highest BCUT2D eigenvalue weighted by Gasteiger charge is 2.32. The summed E-state index contributed by atoms with van der Waals surface area (Å²) in [6.07, 6.45) is -3.19. The molecule has 2 rings (SSSR count). The van der Waals surface area contributed by atoms with Crippen molar-refractivity contribution < 1.29 is 22.7 Å². The second kappa shape index (κ2) is 5.24. The molecule has 0 fully saturated rings. The molecule has 0 bridgehead atoms. The van der Waals surface area contributed by atoms with Crippen LogP contribution in [0, 0.1) is 5.82 Å². The summed E-state index contributed by atoms with van der Waals surface area (Å²) in [6, 6.07) is 1.94. The third-order valence-electron chi connectivity index (χ3n) is 2.95. The molecule has 1 N–H and O–H groups in total. The second-order valence-corrected chi connectivity index (χ2v) is 4.21. The molecule has 0 aliphatic carbocycles. The van der Waals surface area contributed by atoms with Crippen molar-refractivity contribution in [3.63, 3.8) is 0 Å². The lowest BCUT2D eigenvalue weighted by molar-refractivity contribution is -0.137. The predicted molar refractivity (Wildman–Crippen MR) is 63.4 cm³/mol. The smallest absolute Gasteiger partial charge is 0.380 e. The predicted octanol–water partition coefficient (Wildman–Crippen LogP) is 3.14. The van der Waals surface area contributed by atoms with Crippen molar-refractivity contribution in [3.05, 3.63) is 53.4 Å². The molecule has 0 spiro atoms. The van der Waals surface area contributed by atoms with Crippen molar-refractivity contribution in [2.75, 3.05) is 0 Å². The number of aliphatic hydroxyl groups is 1. The molecule has 0 saturated carbocycles. The number of halogens is 4. The van der Waals surface area contributed by atoms with Crippen molar-refractivity contribution in [2.24, 2.45) is 0 Å².